The highest BCUT2D eigenvalue weighted by Crippen LogP contribution is 2.49. The van der Waals surface area contributed by atoms with E-state index in [0.717, 1.165) is 25.9 Å². The molecular weight excluding hydrogens is 240 g/mol. The van der Waals surface area contributed by atoms with Crippen molar-refractivity contribution in [2.45, 2.75) is 58.5 Å². The zero-order valence-corrected chi connectivity index (χ0v) is 12.9. The quantitative estimate of drug-likeness (QED) is 0.748. The molecule has 2 N–H and O–H groups in total. The van der Waals surface area contributed by atoms with Gasteiger partial charge in [0.25, 0.3) is 0 Å². The Balaban J connectivity index is 2.26. The third-order valence-electron chi connectivity index (χ3n) is 4.40. The van der Waals surface area contributed by atoms with Gasteiger partial charge in [-0.15, -0.1) is 0 Å². The molecule has 2 aliphatic rings. The number of rotatable bonds is 2. The summed E-state index contributed by atoms with van der Waals surface area (Å²) in [4.78, 5) is 12.3. The molecule has 2 saturated heterocycles. The van der Waals surface area contributed by atoms with Gasteiger partial charge in [-0.1, -0.05) is 0 Å². The molecule has 4 nitrogen and oxygen atoms in total. The molecule has 4 heteroatoms. The molecule has 19 heavy (non-hydrogen) atoms. The smallest absolute Gasteiger partial charge is 0.310 e. The summed E-state index contributed by atoms with van der Waals surface area (Å²) in [5.74, 6) is -0.0332. The molecule has 1 atom stereocenters. The van der Waals surface area contributed by atoms with E-state index >= 15 is 0 Å². The fourth-order valence-electron chi connectivity index (χ4n) is 4.58. The van der Waals surface area contributed by atoms with Crippen molar-refractivity contribution in [3.63, 3.8) is 0 Å². The Hall–Kier alpha value is -0.610. The Bertz CT molecular complexity index is 347. The predicted molar refractivity (Wildman–Crippen MR) is 76.0 cm³/mol. The monoisotopic (exact) mass is 268 g/mol. The summed E-state index contributed by atoms with van der Waals surface area (Å²) in [5.41, 5.74) is 0.140. The van der Waals surface area contributed by atoms with Crippen molar-refractivity contribution < 1.29 is 9.53 Å². The van der Waals surface area contributed by atoms with E-state index in [2.05, 4.69) is 38.3 Å². The summed E-state index contributed by atoms with van der Waals surface area (Å²) in [7, 11) is 0. The van der Waals surface area contributed by atoms with Gasteiger partial charge in [-0.25, -0.2) is 0 Å². The minimum absolute atomic E-state index is 0.00639. The highest BCUT2D eigenvalue weighted by Gasteiger charge is 2.55. The van der Waals surface area contributed by atoms with Gasteiger partial charge in [0.2, 0.25) is 0 Å². The summed E-state index contributed by atoms with van der Waals surface area (Å²) < 4.78 is 5.29. The van der Waals surface area contributed by atoms with E-state index in [0.29, 0.717) is 6.61 Å². The molecule has 2 rings (SSSR count). The summed E-state index contributed by atoms with van der Waals surface area (Å²) in [6.07, 6.45) is 2.03. The molecule has 0 saturated carbocycles. The number of nitrogens with one attached hydrogen (secondary N) is 2. The highest BCUT2D eigenvalue weighted by molar-refractivity contribution is 5.74. The molecule has 0 aromatic carbocycles. The SMILES string of the molecule is CCOC(=O)C1CNCC12CC(C)(C)NC(C)(C)C2. The number of carbonyl (C=O) groups is 1. The van der Waals surface area contributed by atoms with Crippen molar-refractivity contribution in [1.29, 1.82) is 0 Å². The lowest BCUT2D eigenvalue weighted by molar-refractivity contribution is -0.153. The zero-order chi connectivity index (χ0) is 14.3. The van der Waals surface area contributed by atoms with E-state index in [1.54, 1.807) is 0 Å². The van der Waals surface area contributed by atoms with Crippen molar-refractivity contribution >= 4 is 5.97 Å². The minimum Gasteiger partial charge on any atom is -0.466 e. The molecule has 0 radical (unpaired) electrons. The molecule has 2 heterocycles. The minimum atomic E-state index is -0.0269. The first kappa shape index (κ1) is 14.8. The molecule has 1 spiro atoms. The van der Waals surface area contributed by atoms with Gasteiger partial charge in [0.1, 0.15) is 0 Å². The van der Waals surface area contributed by atoms with Gasteiger partial charge in [0.05, 0.1) is 12.5 Å². The molecule has 110 valence electrons. The van der Waals surface area contributed by atoms with Crippen molar-refractivity contribution in [3.05, 3.63) is 0 Å². The molecular formula is C15H28N2O2. The first-order valence-electron chi connectivity index (χ1n) is 7.36. The van der Waals surface area contributed by atoms with Crippen molar-refractivity contribution in [2.75, 3.05) is 19.7 Å². The van der Waals surface area contributed by atoms with Crippen LogP contribution < -0.4 is 10.6 Å². The number of carbonyl (C=O) groups excluding carboxylic acids is 1. The van der Waals surface area contributed by atoms with E-state index in [1.165, 1.54) is 0 Å². The van der Waals surface area contributed by atoms with Crippen LogP contribution in [-0.4, -0.2) is 36.7 Å². The van der Waals surface area contributed by atoms with E-state index in [9.17, 15) is 4.79 Å². The fourth-order valence-corrected chi connectivity index (χ4v) is 4.58. The average Bonchev–Trinajstić information content (AvgIpc) is 2.55. The molecule has 0 aromatic heterocycles. The first-order valence-corrected chi connectivity index (χ1v) is 7.36. The second kappa shape index (κ2) is 4.74. The predicted octanol–water partition coefficient (Wildman–Crippen LogP) is 1.70. The van der Waals surface area contributed by atoms with Gasteiger partial charge >= 0.3 is 5.97 Å². The Morgan fingerprint density at radius 2 is 1.79 bits per heavy atom. The maximum absolute atomic E-state index is 12.3. The van der Waals surface area contributed by atoms with Crippen molar-refractivity contribution in [1.82, 2.24) is 10.6 Å². The van der Waals surface area contributed by atoms with Gasteiger partial charge in [-0.3, -0.25) is 4.79 Å². The number of ether oxygens (including phenoxy) is 1. The Labute approximate surface area is 116 Å². The van der Waals surface area contributed by atoms with Gasteiger partial charge in [0, 0.05) is 29.6 Å². The van der Waals surface area contributed by atoms with Crippen molar-refractivity contribution in [3.8, 4) is 0 Å². The highest BCUT2D eigenvalue weighted by atomic mass is 16.5. The standard InChI is InChI=1S/C15H28N2O2/c1-6-19-12(18)11-7-16-10-15(11)8-13(2,3)17-14(4,5)9-15/h11,16-17H,6-10H2,1-5H3. The Kier molecular flexibility index (Phi) is 3.69. The van der Waals surface area contributed by atoms with Gasteiger partial charge in [0.15, 0.2) is 0 Å². The Morgan fingerprint density at radius 1 is 1.21 bits per heavy atom. The zero-order valence-electron chi connectivity index (χ0n) is 12.9. The van der Waals surface area contributed by atoms with Gasteiger partial charge < -0.3 is 15.4 Å². The molecule has 2 aliphatic heterocycles. The van der Waals surface area contributed by atoms with Crippen LogP contribution in [0.25, 0.3) is 0 Å². The third kappa shape index (κ3) is 2.95. The number of esters is 1. The molecule has 1 unspecified atom stereocenters. The lowest BCUT2D eigenvalue weighted by atomic mass is 9.61. The van der Waals surface area contributed by atoms with Crippen LogP contribution in [-0.2, 0) is 9.53 Å². The fraction of sp³-hybridized carbons (Fsp3) is 0.933. The van der Waals surface area contributed by atoms with Gasteiger partial charge in [-0.05, 0) is 47.5 Å². The molecule has 2 fully saturated rings. The number of hydrogen-bond donors (Lipinski definition) is 2. The lowest BCUT2D eigenvalue weighted by Crippen LogP contribution is -2.63. The second-order valence-corrected chi connectivity index (χ2v) is 7.54. The summed E-state index contributed by atoms with van der Waals surface area (Å²) >= 11 is 0. The number of hydrogen-bond acceptors (Lipinski definition) is 4. The molecule has 0 bridgehead atoms. The number of piperidine rings is 1. The van der Waals surface area contributed by atoms with Crippen LogP contribution >= 0.6 is 0 Å². The van der Waals surface area contributed by atoms with E-state index in [-0.39, 0.29) is 28.4 Å². The first-order chi connectivity index (χ1) is 8.70. The maximum Gasteiger partial charge on any atom is 0.310 e. The van der Waals surface area contributed by atoms with Crippen LogP contribution in [0.3, 0.4) is 0 Å². The van der Waals surface area contributed by atoms with E-state index < -0.39 is 0 Å². The van der Waals surface area contributed by atoms with E-state index in [4.69, 9.17) is 4.74 Å². The van der Waals surface area contributed by atoms with Gasteiger partial charge in [-0.2, -0.15) is 0 Å². The second-order valence-electron chi connectivity index (χ2n) is 7.54. The van der Waals surface area contributed by atoms with Crippen LogP contribution in [0.1, 0.15) is 47.5 Å². The summed E-state index contributed by atoms with van der Waals surface area (Å²) in [5, 5.41) is 7.11. The maximum atomic E-state index is 12.3. The largest absolute Gasteiger partial charge is 0.466 e. The van der Waals surface area contributed by atoms with Crippen LogP contribution in [0.15, 0.2) is 0 Å². The normalized spacial score (nSPS) is 31.3. The van der Waals surface area contributed by atoms with Crippen LogP contribution in [0.4, 0.5) is 0 Å². The average molecular weight is 268 g/mol. The third-order valence-corrected chi connectivity index (χ3v) is 4.40. The molecule has 0 aliphatic carbocycles. The van der Waals surface area contributed by atoms with Crippen molar-refractivity contribution in [2.24, 2.45) is 11.3 Å². The summed E-state index contributed by atoms with van der Waals surface area (Å²) in [6.45, 7) is 13.0. The van der Waals surface area contributed by atoms with Crippen LogP contribution in [0.5, 0.6) is 0 Å². The topological polar surface area (TPSA) is 50.4 Å². The van der Waals surface area contributed by atoms with E-state index in [1.807, 2.05) is 6.92 Å². The summed E-state index contributed by atoms with van der Waals surface area (Å²) in [6, 6.07) is 0. The Morgan fingerprint density at radius 3 is 2.32 bits per heavy atom. The van der Waals surface area contributed by atoms with Crippen LogP contribution in [0.2, 0.25) is 0 Å². The molecule has 0 amide bonds. The molecule has 0 aromatic rings. The lowest BCUT2D eigenvalue weighted by Gasteiger charge is -2.53. The van der Waals surface area contributed by atoms with Crippen LogP contribution in [0, 0.1) is 11.3 Å².